The highest BCUT2D eigenvalue weighted by molar-refractivity contribution is 6.02. The van der Waals surface area contributed by atoms with E-state index in [-0.39, 0.29) is 47.1 Å². The number of hydrogen-bond acceptors (Lipinski definition) is 5. The molecule has 2 amide bonds. The summed E-state index contributed by atoms with van der Waals surface area (Å²) in [5.41, 5.74) is 0.535. The van der Waals surface area contributed by atoms with Crippen molar-refractivity contribution in [2.75, 3.05) is 32.7 Å². The van der Waals surface area contributed by atoms with E-state index in [9.17, 15) is 14.0 Å². The summed E-state index contributed by atoms with van der Waals surface area (Å²) in [5, 5.41) is 9.97. The van der Waals surface area contributed by atoms with Crippen molar-refractivity contribution in [3.05, 3.63) is 29.0 Å². The summed E-state index contributed by atoms with van der Waals surface area (Å²) in [6.07, 6.45) is 1.57. The number of imide groups is 1. The second kappa shape index (κ2) is 9.30. The molecule has 184 valence electrons. The first-order valence-electron chi connectivity index (χ1n) is 12.1. The summed E-state index contributed by atoms with van der Waals surface area (Å²) in [4.78, 5) is 26.0. The van der Waals surface area contributed by atoms with Crippen LogP contribution in [0.1, 0.15) is 55.2 Å². The average Bonchev–Trinajstić information content (AvgIpc) is 3.12. The van der Waals surface area contributed by atoms with Crippen molar-refractivity contribution in [3.8, 4) is 0 Å². The predicted octanol–water partition coefficient (Wildman–Crippen LogP) is 2.50. The Morgan fingerprint density at radius 1 is 1.15 bits per heavy atom. The van der Waals surface area contributed by atoms with Crippen LogP contribution in [-0.4, -0.2) is 65.4 Å². The van der Waals surface area contributed by atoms with Crippen LogP contribution in [0, 0.1) is 17.6 Å². The van der Waals surface area contributed by atoms with Crippen LogP contribution in [0.4, 0.5) is 13.2 Å². The van der Waals surface area contributed by atoms with Crippen molar-refractivity contribution >= 4 is 22.7 Å². The van der Waals surface area contributed by atoms with Crippen molar-refractivity contribution in [2.24, 2.45) is 13.0 Å². The Hall–Kier alpha value is -2.46. The van der Waals surface area contributed by atoms with E-state index in [2.05, 4.69) is 20.6 Å². The average molecular weight is 478 g/mol. The first-order valence-corrected chi connectivity index (χ1v) is 12.1. The second-order valence-electron chi connectivity index (χ2n) is 9.84. The molecule has 10 heteroatoms. The molecule has 34 heavy (non-hydrogen) atoms. The molecule has 3 atom stereocenters. The Labute approximate surface area is 196 Å². The van der Waals surface area contributed by atoms with Gasteiger partial charge >= 0.3 is 0 Å². The van der Waals surface area contributed by atoms with E-state index >= 15 is 8.78 Å². The third-order valence-electron chi connectivity index (χ3n) is 7.69. The number of alkyl halides is 1. The summed E-state index contributed by atoms with van der Waals surface area (Å²) in [6, 6.07) is 1.29. The van der Waals surface area contributed by atoms with Gasteiger partial charge in [0, 0.05) is 43.4 Å². The van der Waals surface area contributed by atoms with Crippen molar-refractivity contribution in [2.45, 2.75) is 50.1 Å². The summed E-state index contributed by atoms with van der Waals surface area (Å²) in [6.45, 7) is 3.24. The number of aromatic nitrogens is 2. The molecule has 3 fully saturated rings. The van der Waals surface area contributed by atoms with Crippen LogP contribution < -0.4 is 10.6 Å². The Morgan fingerprint density at radius 3 is 2.62 bits per heavy atom. The lowest BCUT2D eigenvalue weighted by Gasteiger charge is -2.36. The van der Waals surface area contributed by atoms with Gasteiger partial charge in [0.2, 0.25) is 11.8 Å². The van der Waals surface area contributed by atoms with E-state index in [1.165, 1.54) is 10.7 Å². The molecule has 7 nitrogen and oxygen atoms in total. The van der Waals surface area contributed by atoms with Crippen molar-refractivity contribution in [1.29, 1.82) is 0 Å². The minimum absolute atomic E-state index is 0.00256. The predicted molar refractivity (Wildman–Crippen MR) is 120 cm³/mol. The fourth-order valence-electron chi connectivity index (χ4n) is 5.80. The number of nitrogens with zero attached hydrogens (tertiary/aromatic N) is 3. The maximum absolute atomic E-state index is 15.7. The molecule has 2 N–H and O–H groups in total. The van der Waals surface area contributed by atoms with Crippen LogP contribution in [0.3, 0.4) is 0 Å². The number of halogens is 3. The highest BCUT2D eigenvalue weighted by Crippen LogP contribution is 2.38. The van der Waals surface area contributed by atoms with Crippen LogP contribution in [0.15, 0.2) is 6.07 Å². The van der Waals surface area contributed by atoms with Crippen molar-refractivity contribution < 1.29 is 22.8 Å². The molecule has 5 rings (SSSR count). The molecule has 3 aliphatic rings. The number of piperidine rings is 3. The van der Waals surface area contributed by atoms with Crippen LogP contribution in [0.25, 0.3) is 10.9 Å². The van der Waals surface area contributed by atoms with E-state index in [0.717, 1.165) is 13.0 Å². The molecule has 3 aliphatic heterocycles. The number of fused-ring (bicyclic) bond motifs is 1. The molecular weight excluding hydrogens is 447 g/mol. The lowest BCUT2D eigenvalue weighted by molar-refractivity contribution is -0.134. The molecule has 1 aromatic carbocycles. The van der Waals surface area contributed by atoms with Gasteiger partial charge in [-0.15, -0.1) is 0 Å². The molecule has 3 saturated heterocycles. The lowest BCUT2D eigenvalue weighted by atomic mass is 9.86. The van der Waals surface area contributed by atoms with Gasteiger partial charge in [-0.05, 0) is 57.3 Å². The van der Waals surface area contributed by atoms with Gasteiger partial charge in [-0.3, -0.25) is 19.6 Å². The number of likely N-dealkylation sites (tertiary alicyclic amines) is 1. The zero-order valence-electron chi connectivity index (χ0n) is 19.2. The molecule has 0 saturated carbocycles. The number of amides is 2. The number of rotatable bonds is 4. The van der Waals surface area contributed by atoms with E-state index < -0.39 is 29.6 Å². The van der Waals surface area contributed by atoms with Gasteiger partial charge < -0.3 is 10.2 Å². The van der Waals surface area contributed by atoms with Gasteiger partial charge in [0.25, 0.3) is 0 Å². The first-order chi connectivity index (χ1) is 16.3. The van der Waals surface area contributed by atoms with Crippen LogP contribution in [0.2, 0.25) is 0 Å². The smallest absolute Gasteiger partial charge is 0.235 e. The normalized spacial score (nSPS) is 27.4. The number of aryl methyl sites for hydroxylation is 1. The zero-order valence-corrected chi connectivity index (χ0v) is 19.2. The maximum atomic E-state index is 15.7. The molecule has 1 unspecified atom stereocenters. The Morgan fingerprint density at radius 2 is 1.91 bits per heavy atom. The van der Waals surface area contributed by atoms with Crippen molar-refractivity contribution in [3.63, 3.8) is 0 Å². The number of hydrogen-bond donors (Lipinski definition) is 2. The summed E-state index contributed by atoms with van der Waals surface area (Å²) >= 11 is 0. The second-order valence-corrected chi connectivity index (χ2v) is 9.84. The van der Waals surface area contributed by atoms with Gasteiger partial charge in [0.05, 0.1) is 11.6 Å². The van der Waals surface area contributed by atoms with Gasteiger partial charge in [0.1, 0.15) is 17.5 Å². The topological polar surface area (TPSA) is 79.3 Å². The Kier molecular flexibility index (Phi) is 6.37. The summed E-state index contributed by atoms with van der Waals surface area (Å²) in [7, 11) is 1.58. The fourth-order valence-corrected chi connectivity index (χ4v) is 5.80. The molecular formula is C24H30F3N5O2. The standard InChI is InChI=1S/C24H30F3N5O2/c1-31-23-16(22(30-31)15-2-3-19(33)29-24(15)34)10-17(25)20(21(23)27)13-5-8-32(9-6-13)12-14-4-7-28-11-18(14)26/h10,13-15,18,28H,2-9,11-12H2,1H3,(H,29,33,34)/t14-,15?,18-/m0/s1. The number of carbonyl (C=O) groups is 2. The lowest BCUT2D eigenvalue weighted by Crippen LogP contribution is -2.45. The van der Waals surface area contributed by atoms with Gasteiger partial charge in [-0.2, -0.15) is 5.10 Å². The minimum Gasteiger partial charge on any atom is -0.314 e. The first kappa shape index (κ1) is 23.3. The van der Waals surface area contributed by atoms with Crippen molar-refractivity contribution in [1.82, 2.24) is 25.3 Å². The van der Waals surface area contributed by atoms with Crippen LogP contribution in [0.5, 0.6) is 0 Å². The van der Waals surface area contributed by atoms with E-state index in [0.29, 0.717) is 44.7 Å². The highest BCUT2D eigenvalue weighted by atomic mass is 19.1. The molecule has 0 spiro atoms. The Balaban J connectivity index is 1.36. The number of carbonyl (C=O) groups excluding carboxylic acids is 2. The van der Waals surface area contributed by atoms with E-state index in [1.54, 1.807) is 7.05 Å². The highest BCUT2D eigenvalue weighted by Gasteiger charge is 2.35. The fraction of sp³-hybridized carbons (Fsp3) is 0.625. The van der Waals surface area contributed by atoms with Gasteiger partial charge in [-0.25, -0.2) is 13.2 Å². The zero-order chi connectivity index (χ0) is 24.0. The summed E-state index contributed by atoms with van der Waals surface area (Å²) < 4.78 is 46.6. The molecule has 0 radical (unpaired) electrons. The third-order valence-corrected chi connectivity index (χ3v) is 7.69. The monoisotopic (exact) mass is 477 g/mol. The molecule has 2 aromatic rings. The largest absolute Gasteiger partial charge is 0.314 e. The van der Waals surface area contributed by atoms with E-state index in [4.69, 9.17) is 0 Å². The van der Waals surface area contributed by atoms with Gasteiger partial charge in [-0.1, -0.05) is 0 Å². The molecule has 1 aromatic heterocycles. The van der Waals surface area contributed by atoms with E-state index in [1.807, 2.05) is 0 Å². The van der Waals surface area contributed by atoms with Gasteiger partial charge in [0.15, 0.2) is 5.82 Å². The molecule has 0 bridgehead atoms. The minimum atomic E-state index is -0.854. The maximum Gasteiger partial charge on any atom is 0.235 e. The SMILES string of the molecule is Cn1nc(C2CCC(=O)NC2=O)c2cc(F)c(C3CCN(C[C@@H]4CCNC[C@@H]4F)CC3)c(F)c21. The number of nitrogens with one attached hydrogen (secondary N) is 2. The van der Waals surface area contributed by atoms with Crippen LogP contribution in [-0.2, 0) is 16.6 Å². The third kappa shape index (κ3) is 4.22. The van der Waals surface area contributed by atoms with Crippen LogP contribution >= 0.6 is 0 Å². The quantitative estimate of drug-likeness (QED) is 0.662. The molecule has 4 heterocycles. The summed E-state index contributed by atoms with van der Waals surface area (Å²) in [5.74, 6) is -3.10. The number of benzene rings is 1. The Bertz CT molecular complexity index is 1110. The molecule has 0 aliphatic carbocycles.